The van der Waals surface area contributed by atoms with Crippen LogP contribution in [-0.2, 0) is 17.9 Å². The van der Waals surface area contributed by atoms with Crippen LogP contribution in [0.4, 0.5) is 14.5 Å². The SMILES string of the molecule is CN=C(NCc1ccc(N2CCCC2=O)cc1)NCc1cc(Cl)ccc1OC(F)F. The van der Waals surface area contributed by atoms with Crippen molar-refractivity contribution in [2.24, 2.45) is 4.99 Å². The van der Waals surface area contributed by atoms with Gasteiger partial charge in [0.25, 0.3) is 0 Å². The number of benzene rings is 2. The van der Waals surface area contributed by atoms with E-state index in [1.165, 1.54) is 12.1 Å². The van der Waals surface area contributed by atoms with Gasteiger partial charge in [-0.25, -0.2) is 0 Å². The molecule has 1 saturated heterocycles. The first-order valence-electron chi connectivity index (χ1n) is 9.53. The van der Waals surface area contributed by atoms with E-state index in [2.05, 4.69) is 20.4 Å². The molecule has 2 N–H and O–H groups in total. The topological polar surface area (TPSA) is 66.0 Å². The molecule has 1 fully saturated rings. The molecule has 2 aromatic carbocycles. The van der Waals surface area contributed by atoms with Gasteiger partial charge in [-0.1, -0.05) is 23.7 Å². The normalized spacial score (nSPS) is 14.4. The third-order valence-electron chi connectivity index (χ3n) is 4.69. The number of aliphatic imine (C=N–C) groups is 1. The fraction of sp³-hybridized carbons (Fsp3) is 0.333. The molecule has 6 nitrogen and oxygen atoms in total. The third-order valence-corrected chi connectivity index (χ3v) is 4.92. The van der Waals surface area contributed by atoms with Crippen LogP contribution in [0.25, 0.3) is 0 Å². The first-order valence-corrected chi connectivity index (χ1v) is 9.91. The van der Waals surface area contributed by atoms with Gasteiger partial charge in [0, 0.05) is 49.4 Å². The van der Waals surface area contributed by atoms with Crippen molar-refractivity contribution in [2.45, 2.75) is 32.5 Å². The maximum atomic E-state index is 12.6. The van der Waals surface area contributed by atoms with E-state index in [1.54, 1.807) is 18.0 Å². The van der Waals surface area contributed by atoms with Crippen LogP contribution >= 0.6 is 11.6 Å². The zero-order valence-corrected chi connectivity index (χ0v) is 17.3. The van der Waals surface area contributed by atoms with Crippen molar-refractivity contribution in [2.75, 3.05) is 18.5 Å². The van der Waals surface area contributed by atoms with E-state index in [1.807, 2.05) is 24.3 Å². The molecule has 0 aliphatic carbocycles. The Labute approximate surface area is 178 Å². The summed E-state index contributed by atoms with van der Waals surface area (Å²) < 4.78 is 29.7. The minimum atomic E-state index is -2.92. The number of anilines is 1. The van der Waals surface area contributed by atoms with Crippen LogP contribution in [0.1, 0.15) is 24.0 Å². The maximum Gasteiger partial charge on any atom is 0.387 e. The Balaban J connectivity index is 1.55. The van der Waals surface area contributed by atoms with E-state index in [-0.39, 0.29) is 18.2 Å². The summed E-state index contributed by atoms with van der Waals surface area (Å²) in [5, 5.41) is 6.65. The molecule has 160 valence electrons. The number of nitrogens with one attached hydrogen (secondary N) is 2. The molecule has 1 aliphatic rings. The Morgan fingerprint density at radius 1 is 1.20 bits per heavy atom. The van der Waals surface area contributed by atoms with E-state index >= 15 is 0 Å². The number of carbonyl (C=O) groups excluding carboxylic acids is 1. The van der Waals surface area contributed by atoms with E-state index in [0.717, 1.165) is 24.2 Å². The van der Waals surface area contributed by atoms with Gasteiger partial charge in [-0.15, -0.1) is 0 Å². The Kier molecular flexibility index (Phi) is 7.46. The number of alkyl halides is 2. The number of nitrogens with zero attached hydrogens (tertiary/aromatic N) is 2. The van der Waals surface area contributed by atoms with Gasteiger partial charge < -0.3 is 20.3 Å². The molecule has 0 spiro atoms. The zero-order valence-electron chi connectivity index (χ0n) is 16.5. The van der Waals surface area contributed by atoms with Crippen LogP contribution in [-0.4, -0.2) is 32.1 Å². The highest BCUT2D eigenvalue weighted by atomic mass is 35.5. The van der Waals surface area contributed by atoms with Gasteiger partial charge in [0.1, 0.15) is 5.75 Å². The Hall–Kier alpha value is -2.87. The fourth-order valence-electron chi connectivity index (χ4n) is 3.20. The molecule has 1 heterocycles. The standard InChI is InChI=1S/C21H23ClF2N4O2/c1-25-21(27-13-15-11-16(22)6-9-18(15)30-20(23)24)26-12-14-4-7-17(8-5-14)28-10-2-3-19(28)29/h4-9,11,20H,2-3,10,12-13H2,1H3,(H2,25,26,27). The number of hydrogen-bond acceptors (Lipinski definition) is 3. The summed E-state index contributed by atoms with van der Waals surface area (Å²) in [6, 6.07) is 12.2. The van der Waals surface area contributed by atoms with E-state index in [9.17, 15) is 13.6 Å². The first-order chi connectivity index (χ1) is 14.5. The molecule has 0 unspecified atom stereocenters. The van der Waals surface area contributed by atoms with Gasteiger partial charge in [0.2, 0.25) is 5.91 Å². The molecule has 30 heavy (non-hydrogen) atoms. The van der Waals surface area contributed by atoms with Crippen molar-refractivity contribution in [1.29, 1.82) is 0 Å². The van der Waals surface area contributed by atoms with Crippen LogP contribution in [0.15, 0.2) is 47.5 Å². The predicted molar refractivity (Wildman–Crippen MR) is 113 cm³/mol. The van der Waals surface area contributed by atoms with Crippen LogP contribution in [0.2, 0.25) is 5.02 Å². The highest BCUT2D eigenvalue weighted by Gasteiger charge is 2.21. The molecule has 1 amide bonds. The molecule has 2 aromatic rings. The van der Waals surface area contributed by atoms with Crippen molar-refractivity contribution in [3.05, 3.63) is 58.6 Å². The molecular weight excluding hydrogens is 414 g/mol. The first kappa shape index (κ1) is 21.8. The van der Waals surface area contributed by atoms with Crippen molar-refractivity contribution < 1.29 is 18.3 Å². The number of rotatable bonds is 7. The second-order valence-corrected chi connectivity index (χ2v) is 7.16. The lowest BCUT2D eigenvalue weighted by Crippen LogP contribution is -2.36. The molecule has 0 atom stereocenters. The molecule has 0 bridgehead atoms. The highest BCUT2D eigenvalue weighted by Crippen LogP contribution is 2.24. The number of ether oxygens (including phenoxy) is 1. The predicted octanol–water partition coefficient (Wildman–Crippen LogP) is 3.93. The number of guanidine groups is 1. The van der Waals surface area contributed by atoms with E-state index < -0.39 is 6.61 Å². The van der Waals surface area contributed by atoms with Gasteiger partial charge in [0.15, 0.2) is 5.96 Å². The lowest BCUT2D eigenvalue weighted by atomic mass is 10.2. The minimum Gasteiger partial charge on any atom is -0.434 e. The Morgan fingerprint density at radius 2 is 1.93 bits per heavy atom. The van der Waals surface area contributed by atoms with E-state index in [0.29, 0.717) is 29.5 Å². The van der Waals surface area contributed by atoms with Crippen LogP contribution < -0.4 is 20.3 Å². The molecule has 0 saturated carbocycles. The monoisotopic (exact) mass is 436 g/mol. The summed E-state index contributed by atoms with van der Waals surface area (Å²) in [7, 11) is 1.62. The largest absolute Gasteiger partial charge is 0.434 e. The summed E-state index contributed by atoms with van der Waals surface area (Å²) in [6.45, 7) is -1.45. The fourth-order valence-corrected chi connectivity index (χ4v) is 3.39. The number of amides is 1. The van der Waals surface area contributed by atoms with Gasteiger partial charge in [-0.2, -0.15) is 8.78 Å². The summed E-state index contributed by atoms with van der Waals surface area (Å²) in [6.07, 6.45) is 1.49. The van der Waals surface area contributed by atoms with E-state index in [4.69, 9.17) is 11.6 Å². The van der Waals surface area contributed by atoms with Gasteiger partial charge in [-0.05, 0) is 42.3 Å². The lowest BCUT2D eigenvalue weighted by molar-refractivity contribution is -0.117. The molecule has 0 radical (unpaired) electrons. The van der Waals surface area contributed by atoms with Crippen LogP contribution in [0.5, 0.6) is 5.75 Å². The lowest BCUT2D eigenvalue weighted by Gasteiger charge is -2.17. The number of hydrogen-bond donors (Lipinski definition) is 2. The Bertz CT molecular complexity index is 906. The van der Waals surface area contributed by atoms with Crippen molar-refractivity contribution >= 4 is 29.2 Å². The average molecular weight is 437 g/mol. The summed E-state index contributed by atoms with van der Waals surface area (Å²) in [5.74, 6) is 0.711. The average Bonchev–Trinajstić information content (AvgIpc) is 3.16. The maximum absolute atomic E-state index is 12.6. The van der Waals surface area contributed by atoms with Gasteiger partial charge in [0.05, 0.1) is 0 Å². The van der Waals surface area contributed by atoms with Crippen LogP contribution in [0.3, 0.4) is 0 Å². The minimum absolute atomic E-state index is 0.0596. The molecule has 3 rings (SSSR count). The van der Waals surface area contributed by atoms with Gasteiger partial charge >= 0.3 is 6.61 Å². The summed E-state index contributed by atoms with van der Waals surface area (Å²) in [4.78, 5) is 17.8. The summed E-state index contributed by atoms with van der Waals surface area (Å²) >= 11 is 5.97. The molecular formula is C21H23ClF2N4O2. The highest BCUT2D eigenvalue weighted by molar-refractivity contribution is 6.30. The zero-order chi connectivity index (χ0) is 21.5. The number of halogens is 3. The smallest absolute Gasteiger partial charge is 0.387 e. The molecule has 0 aromatic heterocycles. The van der Waals surface area contributed by atoms with Crippen LogP contribution in [0, 0.1) is 0 Å². The van der Waals surface area contributed by atoms with Crippen molar-refractivity contribution in [3.8, 4) is 5.75 Å². The third kappa shape index (κ3) is 5.82. The van der Waals surface area contributed by atoms with Crippen molar-refractivity contribution in [3.63, 3.8) is 0 Å². The summed E-state index contributed by atoms with van der Waals surface area (Å²) in [5.41, 5.74) is 2.40. The quantitative estimate of drug-likeness (QED) is 0.510. The number of carbonyl (C=O) groups is 1. The Morgan fingerprint density at radius 3 is 2.57 bits per heavy atom. The van der Waals surface area contributed by atoms with Gasteiger partial charge in [-0.3, -0.25) is 9.79 Å². The second kappa shape index (κ2) is 10.2. The second-order valence-electron chi connectivity index (χ2n) is 6.73. The van der Waals surface area contributed by atoms with Crippen molar-refractivity contribution in [1.82, 2.24) is 10.6 Å². The molecule has 9 heteroatoms. The molecule has 1 aliphatic heterocycles.